The van der Waals surface area contributed by atoms with Gasteiger partial charge in [-0.25, -0.2) is 0 Å². The summed E-state index contributed by atoms with van der Waals surface area (Å²) in [6, 6.07) is 10.5. The van der Waals surface area contributed by atoms with Crippen molar-refractivity contribution in [3.63, 3.8) is 0 Å². The minimum Gasteiger partial charge on any atom is -0.372 e. The third kappa shape index (κ3) is 2.94. The van der Waals surface area contributed by atoms with Gasteiger partial charge in [0, 0.05) is 17.6 Å². The minimum absolute atomic E-state index is 0.205. The van der Waals surface area contributed by atoms with Gasteiger partial charge in [-0.05, 0) is 36.6 Å². The van der Waals surface area contributed by atoms with Crippen LogP contribution in [0.25, 0.3) is 10.9 Å². The van der Waals surface area contributed by atoms with Gasteiger partial charge in [0.15, 0.2) is 0 Å². The summed E-state index contributed by atoms with van der Waals surface area (Å²) in [6.07, 6.45) is 6.70. The van der Waals surface area contributed by atoms with Gasteiger partial charge < -0.3 is 10.5 Å². The molecule has 2 atom stereocenters. The van der Waals surface area contributed by atoms with Crippen LogP contribution in [0.5, 0.6) is 0 Å². The summed E-state index contributed by atoms with van der Waals surface area (Å²) < 4.78 is 5.98. The van der Waals surface area contributed by atoms with Crippen LogP contribution in [0.4, 0.5) is 0 Å². The lowest BCUT2D eigenvalue weighted by molar-refractivity contribution is 0.00409. The molecule has 2 N–H and O–H groups in total. The van der Waals surface area contributed by atoms with Gasteiger partial charge in [-0.3, -0.25) is 4.98 Å². The molecule has 0 radical (unpaired) electrons. The molecule has 19 heavy (non-hydrogen) atoms. The Hall–Kier alpha value is -1.45. The Labute approximate surface area is 113 Å². The van der Waals surface area contributed by atoms with E-state index in [4.69, 9.17) is 10.5 Å². The van der Waals surface area contributed by atoms with E-state index < -0.39 is 0 Å². The zero-order chi connectivity index (χ0) is 13.1. The van der Waals surface area contributed by atoms with E-state index in [1.165, 1.54) is 18.4 Å². The summed E-state index contributed by atoms with van der Waals surface area (Å²) in [4.78, 5) is 4.32. The molecule has 100 valence electrons. The van der Waals surface area contributed by atoms with Crippen molar-refractivity contribution in [2.24, 2.45) is 5.73 Å². The fourth-order valence-corrected chi connectivity index (χ4v) is 2.75. The Morgan fingerprint density at radius 2 is 2.11 bits per heavy atom. The number of hydrogen-bond donors (Lipinski definition) is 1. The molecule has 1 aromatic heterocycles. The first kappa shape index (κ1) is 12.6. The van der Waals surface area contributed by atoms with E-state index in [-0.39, 0.29) is 12.1 Å². The Morgan fingerprint density at radius 3 is 3.00 bits per heavy atom. The summed E-state index contributed by atoms with van der Waals surface area (Å²) in [5.74, 6) is 0. The zero-order valence-electron chi connectivity index (χ0n) is 11.1. The van der Waals surface area contributed by atoms with Crippen LogP contribution in [0.15, 0.2) is 36.5 Å². The van der Waals surface area contributed by atoms with E-state index in [9.17, 15) is 0 Å². The van der Waals surface area contributed by atoms with Crippen molar-refractivity contribution in [3.8, 4) is 0 Å². The zero-order valence-corrected chi connectivity index (χ0v) is 11.1. The third-order valence-corrected chi connectivity index (χ3v) is 3.89. The number of hydrogen-bond acceptors (Lipinski definition) is 3. The van der Waals surface area contributed by atoms with Crippen LogP contribution < -0.4 is 5.73 Å². The SMILES string of the molecule is NC1CCCCC1OCc1ccc2ncccc2c1. The van der Waals surface area contributed by atoms with Crippen molar-refractivity contribution in [2.75, 3.05) is 0 Å². The molecular formula is C16H20N2O. The van der Waals surface area contributed by atoms with Crippen molar-refractivity contribution in [3.05, 3.63) is 42.1 Å². The maximum atomic E-state index is 6.10. The second kappa shape index (κ2) is 5.68. The molecule has 3 nitrogen and oxygen atoms in total. The van der Waals surface area contributed by atoms with Crippen molar-refractivity contribution >= 4 is 10.9 Å². The maximum Gasteiger partial charge on any atom is 0.0730 e. The molecule has 2 aromatic rings. The van der Waals surface area contributed by atoms with Gasteiger partial charge in [-0.2, -0.15) is 0 Å². The number of fused-ring (bicyclic) bond motifs is 1. The molecular weight excluding hydrogens is 236 g/mol. The van der Waals surface area contributed by atoms with Crippen LogP contribution in [0.1, 0.15) is 31.2 Å². The van der Waals surface area contributed by atoms with E-state index in [1.54, 1.807) is 0 Å². The Bertz CT molecular complexity index is 555. The van der Waals surface area contributed by atoms with Gasteiger partial charge in [0.2, 0.25) is 0 Å². The number of rotatable bonds is 3. The van der Waals surface area contributed by atoms with Crippen LogP contribution in [0, 0.1) is 0 Å². The maximum absolute atomic E-state index is 6.10. The van der Waals surface area contributed by atoms with Gasteiger partial charge in [0.1, 0.15) is 0 Å². The highest BCUT2D eigenvalue weighted by Gasteiger charge is 2.22. The molecule has 3 heteroatoms. The highest BCUT2D eigenvalue weighted by molar-refractivity contribution is 5.78. The first-order valence-corrected chi connectivity index (χ1v) is 7.04. The number of benzene rings is 1. The number of nitrogens with zero attached hydrogens (tertiary/aromatic N) is 1. The average Bonchev–Trinajstić information content (AvgIpc) is 2.46. The van der Waals surface area contributed by atoms with Crippen molar-refractivity contribution in [1.29, 1.82) is 0 Å². The first-order chi connectivity index (χ1) is 9.33. The summed E-state index contributed by atoms with van der Waals surface area (Å²) >= 11 is 0. The van der Waals surface area contributed by atoms with Crippen LogP contribution in [0.2, 0.25) is 0 Å². The Balaban J connectivity index is 1.67. The molecule has 0 amide bonds. The van der Waals surface area contributed by atoms with Crippen LogP contribution in [-0.2, 0) is 11.3 Å². The molecule has 1 aliphatic carbocycles. The van der Waals surface area contributed by atoms with E-state index in [1.807, 2.05) is 12.3 Å². The number of nitrogens with two attached hydrogens (primary N) is 1. The normalized spacial score (nSPS) is 23.6. The summed E-state index contributed by atoms with van der Waals surface area (Å²) in [7, 11) is 0. The largest absolute Gasteiger partial charge is 0.372 e. The monoisotopic (exact) mass is 256 g/mol. The molecule has 0 saturated heterocycles. The molecule has 0 bridgehead atoms. The minimum atomic E-state index is 0.205. The van der Waals surface area contributed by atoms with Gasteiger partial charge >= 0.3 is 0 Å². The molecule has 1 aromatic carbocycles. The second-order valence-electron chi connectivity index (χ2n) is 5.33. The number of pyridine rings is 1. The Morgan fingerprint density at radius 1 is 1.21 bits per heavy atom. The Kier molecular flexibility index (Phi) is 3.76. The average molecular weight is 256 g/mol. The van der Waals surface area contributed by atoms with Crippen molar-refractivity contribution in [1.82, 2.24) is 4.98 Å². The molecule has 0 aliphatic heterocycles. The predicted molar refractivity (Wildman–Crippen MR) is 76.8 cm³/mol. The number of aromatic nitrogens is 1. The van der Waals surface area contributed by atoms with Gasteiger partial charge in [-0.15, -0.1) is 0 Å². The van der Waals surface area contributed by atoms with Gasteiger partial charge in [0.05, 0.1) is 18.2 Å². The van der Waals surface area contributed by atoms with Crippen LogP contribution >= 0.6 is 0 Å². The smallest absolute Gasteiger partial charge is 0.0730 e. The number of ether oxygens (including phenoxy) is 1. The molecule has 1 saturated carbocycles. The quantitative estimate of drug-likeness (QED) is 0.918. The van der Waals surface area contributed by atoms with Crippen molar-refractivity contribution in [2.45, 2.75) is 44.4 Å². The van der Waals surface area contributed by atoms with Gasteiger partial charge in [0.25, 0.3) is 0 Å². The summed E-state index contributed by atoms with van der Waals surface area (Å²) in [6.45, 7) is 0.642. The summed E-state index contributed by atoms with van der Waals surface area (Å²) in [5, 5.41) is 1.16. The highest BCUT2D eigenvalue weighted by Crippen LogP contribution is 2.21. The molecule has 1 fully saturated rings. The predicted octanol–water partition coefficient (Wildman–Crippen LogP) is 3.02. The lowest BCUT2D eigenvalue weighted by Crippen LogP contribution is -2.39. The fourth-order valence-electron chi connectivity index (χ4n) is 2.75. The molecule has 0 spiro atoms. The molecule has 3 rings (SSSR count). The fraction of sp³-hybridized carbons (Fsp3) is 0.438. The first-order valence-electron chi connectivity index (χ1n) is 7.04. The highest BCUT2D eigenvalue weighted by atomic mass is 16.5. The topological polar surface area (TPSA) is 48.1 Å². The molecule has 1 heterocycles. The lowest BCUT2D eigenvalue weighted by atomic mass is 9.93. The lowest BCUT2D eigenvalue weighted by Gasteiger charge is -2.28. The second-order valence-corrected chi connectivity index (χ2v) is 5.33. The standard InChI is InChI=1S/C16H20N2O/c17-14-5-1-2-6-16(14)19-11-12-7-8-15-13(10-12)4-3-9-18-15/h3-4,7-10,14,16H,1-2,5-6,11,17H2. The summed E-state index contributed by atoms with van der Waals surface area (Å²) in [5.41, 5.74) is 8.32. The van der Waals surface area contributed by atoms with Crippen molar-refractivity contribution < 1.29 is 4.74 Å². The van der Waals surface area contributed by atoms with Crippen LogP contribution in [-0.4, -0.2) is 17.1 Å². The van der Waals surface area contributed by atoms with E-state index in [0.717, 1.165) is 23.7 Å². The van der Waals surface area contributed by atoms with E-state index in [2.05, 4.69) is 29.2 Å². The van der Waals surface area contributed by atoms with Gasteiger partial charge in [-0.1, -0.05) is 25.0 Å². The molecule has 2 unspecified atom stereocenters. The van der Waals surface area contributed by atoms with E-state index in [0.29, 0.717) is 6.61 Å². The van der Waals surface area contributed by atoms with Crippen LogP contribution in [0.3, 0.4) is 0 Å². The molecule has 1 aliphatic rings. The van der Waals surface area contributed by atoms with E-state index >= 15 is 0 Å². The third-order valence-electron chi connectivity index (χ3n) is 3.89.